The molecule has 2 aromatic rings. The van der Waals surface area contributed by atoms with Gasteiger partial charge in [0.15, 0.2) is 0 Å². The SMILES string of the molecule is CCOc1nn(C)c2ccc(NS(=O)(=O)CCOC)cc12. The van der Waals surface area contributed by atoms with Crippen molar-refractivity contribution >= 4 is 26.6 Å². The Balaban J connectivity index is 2.32. The maximum atomic E-state index is 11.9. The van der Waals surface area contributed by atoms with Crippen LogP contribution < -0.4 is 9.46 Å². The first-order chi connectivity index (χ1) is 9.96. The molecule has 0 aliphatic rings. The second-order valence-corrected chi connectivity index (χ2v) is 6.35. The quantitative estimate of drug-likeness (QED) is 0.834. The molecule has 8 heteroatoms. The molecule has 0 amide bonds. The van der Waals surface area contributed by atoms with E-state index in [-0.39, 0.29) is 12.4 Å². The van der Waals surface area contributed by atoms with Gasteiger partial charge in [-0.3, -0.25) is 9.40 Å². The number of anilines is 1. The highest BCUT2D eigenvalue weighted by molar-refractivity contribution is 7.92. The molecular formula is C13H19N3O4S. The van der Waals surface area contributed by atoms with Crippen LogP contribution in [-0.4, -0.2) is 44.3 Å². The summed E-state index contributed by atoms with van der Waals surface area (Å²) in [4.78, 5) is 0. The zero-order chi connectivity index (χ0) is 15.5. The van der Waals surface area contributed by atoms with Crippen molar-refractivity contribution in [2.75, 3.05) is 30.8 Å². The molecule has 0 aliphatic carbocycles. The van der Waals surface area contributed by atoms with Gasteiger partial charge in [-0.05, 0) is 25.1 Å². The molecule has 21 heavy (non-hydrogen) atoms. The van der Waals surface area contributed by atoms with Gasteiger partial charge in [0.1, 0.15) is 0 Å². The van der Waals surface area contributed by atoms with Crippen LogP contribution in [0.4, 0.5) is 5.69 Å². The maximum Gasteiger partial charge on any atom is 0.240 e. The lowest BCUT2D eigenvalue weighted by molar-refractivity contribution is 0.217. The van der Waals surface area contributed by atoms with Gasteiger partial charge in [0, 0.05) is 19.8 Å². The average Bonchev–Trinajstić information content (AvgIpc) is 2.73. The fourth-order valence-electron chi connectivity index (χ4n) is 1.96. The smallest absolute Gasteiger partial charge is 0.240 e. The summed E-state index contributed by atoms with van der Waals surface area (Å²) in [5, 5.41) is 5.03. The number of rotatable bonds is 7. The first-order valence-electron chi connectivity index (χ1n) is 6.56. The summed E-state index contributed by atoms with van der Waals surface area (Å²) in [6.45, 7) is 2.52. The molecule has 0 bridgehead atoms. The first-order valence-corrected chi connectivity index (χ1v) is 8.21. The Morgan fingerprint density at radius 2 is 2.14 bits per heavy atom. The van der Waals surface area contributed by atoms with Crippen molar-refractivity contribution in [1.82, 2.24) is 9.78 Å². The number of aryl methyl sites for hydroxylation is 1. The largest absolute Gasteiger partial charge is 0.476 e. The molecule has 0 saturated heterocycles. The van der Waals surface area contributed by atoms with Crippen LogP contribution in [0.2, 0.25) is 0 Å². The van der Waals surface area contributed by atoms with Crippen molar-refractivity contribution in [3.63, 3.8) is 0 Å². The molecular weight excluding hydrogens is 294 g/mol. The minimum atomic E-state index is -3.43. The summed E-state index contributed by atoms with van der Waals surface area (Å²) in [7, 11) is -0.150. The van der Waals surface area contributed by atoms with E-state index in [1.54, 1.807) is 22.9 Å². The Morgan fingerprint density at radius 1 is 1.38 bits per heavy atom. The number of sulfonamides is 1. The van der Waals surface area contributed by atoms with E-state index < -0.39 is 10.0 Å². The highest BCUT2D eigenvalue weighted by atomic mass is 32.2. The molecule has 0 spiro atoms. The lowest BCUT2D eigenvalue weighted by Gasteiger charge is -2.08. The monoisotopic (exact) mass is 313 g/mol. The van der Waals surface area contributed by atoms with E-state index in [1.165, 1.54) is 7.11 Å². The summed E-state index contributed by atoms with van der Waals surface area (Å²) in [6.07, 6.45) is 0. The highest BCUT2D eigenvalue weighted by Gasteiger charge is 2.14. The van der Waals surface area contributed by atoms with E-state index >= 15 is 0 Å². The minimum Gasteiger partial charge on any atom is -0.476 e. The third-order valence-corrected chi connectivity index (χ3v) is 4.18. The van der Waals surface area contributed by atoms with Gasteiger partial charge >= 0.3 is 0 Å². The minimum absolute atomic E-state index is 0.0904. The molecule has 116 valence electrons. The van der Waals surface area contributed by atoms with Crippen molar-refractivity contribution in [2.24, 2.45) is 7.05 Å². The number of nitrogens with zero attached hydrogens (tertiary/aromatic N) is 2. The van der Waals surface area contributed by atoms with Gasteiger partial charge in [0.2, 0.25) is 15.9 Å². The number of hydrogen-bond donors (Lipinski definition) is 1. The number of hydrogen-bond acceptors (Lipinski definition) is 5. The van der Waals surface area contributed by atoms with E-state index in [4.69, 9.17) is 9.47 Å². The molecule has 7 nitrogen and oxygen atoms in total. The molecule has 0 radical (unpaired) electrons. The Kier molecular flexibility index (Phi) is 4.69. The van der Waals surface area contributed by atoms with Gasteiger partial charge < -0.3 is 9.47 Å². The summed E-state index contributed by atoms with van der Waals surface area (Å²) in [5.74, 6) is 0.403. The Morgan fingerprint density at radius 3 is 2.81 bits per heavy atom. The van der Waals surface area contributed by atoms with Gasteiger partial charge in [0.25, 0.3) is 0 Å². The van der Waals surface area contributed by atoms with Crippen LogP contribution in [0.1, 0.15) is 6.92 Å². The van der Waals surface area contributed by atoms with Crippen molar-refractivity contribution in [3.05, 3.63) is 18.2 Å². The number of benzene rings is 1. The summed E-state index contributed by atoms with van der Waals surface area (Å²) >= 11 is 0. The third kappa shape index (κ3) is 3.64. The molecule has 0 fully saturated rings. The molecule has 0 aliphatic heterocycles. The van der Waals surface area contributed by atoms with E-state index in [1.807, 2.05) is 14.0 Å². The van der Waals surface area contributed by atoms with E-state index in [0.717, 1.165) is 10.9 Å². The van der Waals surface area contributed by atoms with Crippen molar-refractivity contribution in [3.8, 4) is 5.88 Å². The van der Waals surface area contributed by atoms with Crippen LogP contribution in [0.3, 0.4) is 0 Å². The number of ether oxygens (including phenoxy) is 2. The van der Waals surface area contributed by atoms with Crippen molar-refractivity contribution in [2.45, 2.75) is 6.92 Å². The number of nitrogens with one attached hydrogen (secondary N) is 1. The fourth-order valence-corrected chi connectivity index (χ4v) is 2.94. The van der Waals surface area contributed by atoms with Gasteiger partial charge in [-0.2, -0.15) is 0 Å². The molecule has 2 rings (SSSR count). The fraction of sp³-hybridized carbons (Fsp3) is 0.462. The number of fused-ring (bicyclic) bond motifs is 1. The first kappa shape index (κ1) is 15.6. The van der Waals surface area contributed by atoms with Gasteiger partial charge in [-0.15, -0.1) is 5.10 Å². The molecule has 0 atom stereocenters. The second-order valence-electron chi connectivity index (χ2n) is 4.51. The molecule has 1 heterocycles. The predicted octanol–water partition coefficient (Wildman–Crippen LogP) is 1.36. The van der Waals surface area contributed by atoms with Crippen LogP contribution in [0.5, 0.6) is 5.88 Å². The Labute approximate surface area is 123 Å². The van der Waals surface area contributed by atoms with E-state index in [9.17, 15) is 8.42 Å². The lowest BCUT2D eigenvalue weighted by Crippen LogP contribution is -2.19. The summed E-state index contributed by atoms with van der Waals surface area (Å²) in [6, 6.07) is 5.22. The van der Waals surface area contributed by atoms with Crippen molar-refractivity contribution in [1.29, 1.82) is 0 Å². The zero-order valence-electron chi connectivity index (χ0n) is 12.3. The van der Waals surface area contributed by atoms with Crippen LogP contribution in [0.25, 0.3) is 10.9 Å². The molecule has 1 aromatic heterocycles. The summed E-state index contributed by atoms with van der Waals surface area (Å²) in [5.41, 5.74) is 1.35. The maximum absolute atomic E-state index is 11.9. The number of methoxy groups -OCH3 is 1. The van der Waals surface area contributed by atoms with Crippen LogP contribution in [-0.2, 0) is 21.8 Å². The van der Waals surface area contributed by atoms with Crippen LogP contribution in [0, 0.1) is 0 Å². The van der Waals surface area contributed by atoms with Crippen molar-refractivity contribution < 1.29 is 17.9 Å². The average molecular weight is 313 g/mol. The predicted molar refractivity (Wildman–Crippen MR) is 81.2 cm³/mol. The van der Waals surface area contributed by atoms with E-state index in [0.29, 0.717) is 18.2 Å². The second kappa shape index (κ2) is 6.31. The molecule has 0 unspecified atom stereocenters. The third-order valence-electron chi connectivity index (χ3n) is 2.93. The Hall–Kier alpha value is -1.80. The topological polar surface area (TPSA) is 82.5 Å². The molecule has 1 aromatic carbocycles. The molecule has 0 saturated carbocycles. The van der Waals surface area contributed by atoms with E-state index in [2.05, 4.69) is 9.82 Å². The zero-order valence-corrected chi connectivity index (χ0v) is 13.1. The van der Waals surface area contributed by atoms with Gasteiger partial charge in [0.05, 0.1) is 29.9 Å². The van der Waals surface area contributed by atoms with Crippen LogP contribution >= 0.6 is 0 Å². The highest BCUT2D eigenvalue weighted by Crippen LogP contribution is 2.27. The normalized spacial score (nSPS) is 11.8. The van der Waals surface area contributed by atoms with Gasteiger partial charge in [-0.1, -0.05) is 0 Å². The van der Waals surface area contributed by atoms with Crippen LogP contribution in [0.15, 0.2) is 18.2 Å². The lowest BCUT2D eigenvalue weighted by atomic mass is 10.2. The van der Waals surface area contributed by atoms with Gasteiger partial charge in [-0.25, -0.2) is 8.42 Å². The summed E-state index contributed by atoms with van der Waals surface area (Å²) < 4.78 is 38.2. The molecule has 1 N–H and O–H groups in total. The standard InChI is InChI=1S/C13H19N3O4S/c1-4-20-13-11-9-10(5-6-12(11)16(2)14-13)15-21(17,18)8-7-19-3/h5-6,9,15H,4,7-8H2,1-3H3. The number of aromatic nitrogens is 2. The Bertz CT molecular complexity index is 724.